The summed E-state index contributed by atoms with van der Waals surface area (Å²) in [6.45, 7) is 3.96. The zero-order valence-electron chi connectivity index (χ0n) is 15.5. The number of aryl methyl sites for hydroxylation is 2. The van der Waals surface area contributed by atoms with Crippen LogP contribution in [-0.2, 0) is 6.61 Å². The van der Waals surface area contributed by atoms with Gasteiger partial charge in [-0.15, -0.1) is 0 Å². The molecule has 2 aromatic carbocycles. The number of benzene rings is 2. The number of ether oxygens (including phenoxy) is 2. The van der Waals surface area contributed by atoms with Crippen LogP contribution in [0.1, 0.15) is 27.4 Å². The highest BCUT2D eigenvalue weighted by Gasteiger charge is 2.14. The Labute approximate surface area is 172 Å². The minimum absolute atomic E-state index is 0.282. The summed E-state index contributed by atoms with van der Waals surface area (Å²) in [7, 11) is 1.51. The highest BCUT2D eigenvalue weighted by molar-refractivity contribution is 6.35. The zero-order chi connectivity index (χ0) is 20.3. The van der Waals surface area contributed by atoms with Gasteiger partial charge in [0.1, 0.15) is 12.4 Å². The van der Waals surface area contributed by atoms with E-state index in [1.165, 1.54) is 7.11 Å². The van der Waals surface area contributed by atoms with Crippen LogP contribution in [0.5, 0.6) is 11.5 Å². The molecule has 146 valence electrons. The van der Waals surface area contributed by atoms with Crippen LogP contribution >= 0.6 is 23.2 Å². The first-order valence-corrected chi connectivity index (χ1v) is 9.13. The maximum absolute atomic E-state index is 12.5. The fourth-order valence-corrected chi connectivity index (χ4v) is 3.14. The number of nitrogens with zero attached hydrogens (tertiary/aromatic N) is 1. The number of anilines is 1. The summed E-state index contributed by atoms with van der Waals surface area (Å²) in [6, 6.07) is 9.74. The number of methoxy groups -OCH3 is 1. The Kier molecular flexibility index (Phi) is 6.11. The molecule has 3 rings (SSSR count). The van der Waals surface area contributed by atoms with E-state index in [1.54, 1.807) is 36.4 Å². The van der Waals surface area contributed by atoms with Gasteiger partial charge in [0, 0.05) is 21.3 Å². The molecule has 1 amide bonds. The molecular weight excluding hydrogens is 403 g/mol. The average molecular weight is 421 g/mol. The molecule has 0 fully saturated rings. The summed E-state index contributed by atoms with van der Waals surface area (Å²) < 4.78 is 16.3. The number of hydrogen-bond donors (Lipinski definition) is 1. The number of carbonyl (C=O) groups excluding carboxylic acids is 1. The van der Waals surface area contributed by atoms with Crippen molar-refractivity contribution < 1.29 is 18.8 Å². The van der Waals surface area contributed by atoms with Crippen LogP contribution < -0.4 is 14.8 Å². The molecule has 3 aromatic rings. The molecule has 0 aliphatic rings. The van der Waals surface area contributed by atoms with E-state index in [9.17, 15) is 4.79 Å². The van der Waals surface area contributed by atoms with E-state index in [2.05, 4.69) is 10.5 Å². The fraction of sp³-hybridized carbons (Fsp3) is 0.200. The molecule has 28 heavy (non-hydrogen) atoms. The van der Waals surface area contributed by atoms with Gasteiger partial charge in [0.25, 0.3) is 5.91 Å². The first kappa shape index (κ1) is 20.0. The van der Waals surface area contributed by atoms with Crippen LogP contribution in [0.3, 0.4) is 0 Å². The second-order valence-electron chi connectivity index (χ2n) is 6.07. The Bertz CT molecular complexity index is 978. The van der Waals surface area contributed by atoms with E-state index in [-0.39, 0.29) is 12.5 Å². The van der Waals surface area contributed by atoms with Crippen LogP contribution in [0.15, 0.2) is 40.9 Å². The maximum Gasteiger partial charge on any atom is 0.255 e. The summed E-state index contributed by atoms with van der Waals surface area (Å²) in [5, 5.41) is 7.53. The van der Waals surface area contributed by atoms with Gasteiger partial charge >= 0.3 is 0 Å². The van der Waals surface area contributed by atoms with Gasteiger partial charge < -0.3 is 19.3 Å². The lowest BCUT2D eigenvalue weighted by atomic mass is 10.1. The quantitative estimate of drug-likeness (QED) is 0.574. The van der Waals surface area contributed by atoms with E-state index in [4.69, 9.17) is 37.2 Å². The number of amides is 1. The van der Waals surface area contributed by atoms with Crippen LogP contribution in [0.2, 0.25) is 10.0 Å². The Balaban J connectivity index is 1.75. The van der Waals surface area contributed by atoms with Crippen molar-refractivity contribution in [2.24, 2.45) is 0 Å². The van der Waals surface area contributed by atoms with Crippen molar-refractivity contribution in [1.82, 2.24) is 5.16 Å². The maximum atomic E-state index is 12.5. The lowest BCUT2D eigenvalue weighted by Crippen LogP contribution is -2.12. The number of rotatable bonds is 6. The molecule has 0 bridgehead atoms. The molecule has 1 aromatic heterocycles. The monoisotopic (exact) mass is 420 g/mol. The van der Waals surface area contributed by atoms with Crippen LogP contribution in [-0.4, -0.2) is 18.2 Å². The van der Waals surface area contributed by atoms with Crippen molar-refractivity contribution in [3.05, 3.63) is 69.0 Å². The molecule has 0 atom stereocenters. The Hall–Kier alpha value is -2.70. The van der Waals surface area contributed by atoms with E-state index in [0.717, 1.165) is 11.3 Å². The van der Waals surface area contributed by atoms with Gasteiger partial charge in [-0.25, -0.2) is 0 Å². The summed E-state index contributed by atoms with van der Waals surface area (Å²) in [5.74, 6) is 1.31. The predicted octanol–water partition coefficient (Wildman–Crippen LogP) is 5.44. The molecule has 0 unspecified atom stereocenters. The minimum atomic E-state index is -0.325. The van der Waals surface area contributed by atoms with E-state index in [1.807, 2.05) is 13.8 Å². The van der Waals surface area contributed by atoms with E-state index < -0.39 is 0 Å². The van der Waals surface area contributed by atoms with Crippen LogP contribution in [0.25, 0.3) is 0 Å². The van der Waals surface area contributed by atoms with Gasteiger partial charge in [-0.2, -0.15) is 0 Å². The number of halogens is 2. The number of carbonyl (C=O) groups is 1. The second kappa shape index (κ2) is 8.54. The summed E-state index contributed by atoms with van der Waals surface area (Å²) in [6.07, 6.45) is 0. The molecule has 6 nitrogen and oxygen atoms in total. The van der Waals surface area contributed by atoms with Gasteiger partial charge in [0.05, 0.1) is 18.4 Å². The van der Waals surface area contributed by atoms with Gasteiger partial charge in [-0.3, -0.25) is 4.79 Å². The Morgan fingerprint density at radius 3 is 2.43 bits per heavy atom. The molecule has 0 radical (unpaired) electrons. The van der Waals surface area contributed by atoms with Crippen LogP contribution in [0, 0.1) is 13.8 Å². The lowest BCUT2D eigenvalue weighted by Gasteiger charge is -2.12. The smallest absolute Gasteiger partial charge is 0.255 e. The highest BCUT2D eigenvalue weighted by atomic mass is 35.5. The second-order valence-corrected chi connectivity index (χ2v) is 6.94. The normalized spacial score (nSPS) is 10.6. The Morgan fingerprint density at radius 1 is 1.11 bits per heavy atom. The topological polar surface area (TPSA) is 73.6 Å². The molecule has 1 heterocycles. The van der Waals surface area contributed by atoms with Crippen molar-refractivity contribution in [1.29, 1.82) is 0 Å². The standard InChI is InChI=1S/C20H18Cl2N2O4/c1-11-17(12(2)28-24-11)10-27-18-5-4-13(6-19(18)26-3)20(25)23-16-8-14(21)7-15(22)9-16/h4-9H,10H2,1-3H3,(H,23,25). The van der Waals surface area contributed by atoms with Gasteiger partial charge in [-0.1, -0.05) is 28.4 Å². The molecular formula is C20H18Cl2N2O4. The van der Waals surface area contributed by atoms with Gasteiger partial charge in [-0.05, 0) is 50.2 Å². The van der Waals surface area contributed by atoms with Crippen molar-refractivity contribution in [3.8, 4) is 11.5 Å². The zero-order valence-corrected chi connectivity index (χ0v) is 17.0. The van der Waals surface area contributed by atoms with Crippen molar-refractivity contribution in [2.45, 2.75) is 20.5 Å². The predicted molar refractivity (Wildman–Crippen MR) is 108 cm³/mol. The molecule has 0 aliphatic carbocycles. The van der Waals surface area contributed by atoms with Gasteiger partial charge in [0.2, 0.25) is 0 Å². The number of nitrogens with one attached hydrogen (secondary N) is 1. The number of hydrogen-bond acceptors (Lipinski definition) is 5. The summed E-state index contributed by atoms with van der Waals surface area (Å²) in [5.41, 5.74) is 2.55. The average Bonchev–Trinajstić information content (AvgIpc) is 2.96. The van der Waals surface area contributed by atoms with Crippen molar-refractivity contribution in [3.63, 3.8) is 0 Å². The molecule has 0 aliphatic heterocycles. The Morgan fingerprint density at radius 2 is 1.82 bits per heavy atom. The van der Waals surface area contributed by atoms with E-state index in [0.29, 0.717) is 38.6 Å². The van der Waals surface area contributed by atoms with Crippen molar-refractivity contribution >= 4 is 34.8 Å². The molecule has 1 N–H and O–H groups in total. The summed E-state index contributed by atoms with van der Waals surface area (Å²) in [4.78, 5) is 12.5. The third-order valence-corrected chi connectivity index (χ3v) is 4.54. The summed E-state index contributed by atoms with van der Waals surface area (Å²) >= 11 is 11.9. The number of aromatic nitrogens is 1. The molecule has 8 heteroatoms. The SMILES string of the molecule is COc1cc(C(=O)Nc2cc(Cl)cc(Cl)c2)ccc1OCc1c(C)noc1C. The third-order valence-electron chi connectivity index (χ3n) is 4.10. The fourth-order valence-electron chi connectivity index (χ4n) is 2.62. The van der Waals surface area contributed by atoms with Crippen LogP contribution in [0.4, 0.5) is 5.69 Å². The molecule has 0 saturated carbocycles. The largest absolute Gasteiger partial charge is 0.493 e. The first-order valence-electron chi connectivity index (χ1n) is 8.37. The molecule has 0 saturated heterocycles. The minimum Gasteiger partial charge on any atom is -0.493 e. The highest BCUT2D eigenvalue weighted by Crippen LogP contribution is 2.30. The third kappa shape index (κ3) is 4.58. The first-order chi connectivity index (χ1) is 13.4. The lowest BCUT2D eigenvalue weighted by molar-refractivity contribution is 0.102. The molecule has 0 spiro atoms. The van der Waals surface area contributed by atoms with E-state index >= 15 is 0 Å². The van der Waals surface area contributed by atoms with Gasteiger partial charge in [0.15, 0.2) is 11.5 Å². The van der Waals surface area contributed by atoms with Crippen molar-refractivity contribution in [2.75, 3.05) is 12.4 Å².